The highest BCUT2D eigenvalue weighted by Crippen LogP contribution is 2.43. The molecule has 2 heterocycles. The number of nitrogens with zero attached hydrogens (tertiary/aromatic N) is 2. The Hall–Kier alpha value is -2.85. The van der Waals surface area contributed by atoms with Gasteiger partial charge in [-0.3, -0.25) is 4.55 Å². The molecule has 1 N–H and O–H groups in total. The Morgan fingerprint density at radius 1 is 0.705 bits per heavy atom. The van der Waals surface area contributed by atoms with Gasteiger partial charge < -0.3 is 19.8 Å². The van der Waals surface area contributed by atoms with Gasteiger partial charge in [-0.2, -0.15) is 8.42 Å². The van der Waals surface area contributed by atoms with Crippen LogP contribution < -0.4 is 19.3 Å². The molecule has 250 valence electrons. The van der Waals surface area contributed by atoms with Crippen LogP contribution in [0.25, 0.3) is 0 Å². The molecule has 2 aromatic rings. The fourth-order valence-corrected chi connectivity index (χ4v) is 6.51. The van der Waals surface area contributed by atoms with Crippen LogP contribution in [-0.2, 0) is 32.8 Å². The van der Waals surface area contributed by atoms with Crippen molar-refractivity contribution in [2.24, 2.45) is 17.3 Å². The van der Waals surface area contributed by atoms with Crippen molar-refractivity contribution >= 4 is 22.1 Å². The van der Waals surface area contributed by atoms with Crippen molar-refractivity contribution in [3.05, 3.63) is 61.2 Å². The Morgan fingerprint density at radius 2 is 1.07 bits per heavy atom. The highest BCUT2D eigenvalue weighted by Gasteiger charge is 2.49. The second-order valence-corrected chi connectivity index (χ2v) is 12.8. The number of hydrogen-bond acceptors (Lipinski definition) is 6. The molecule has 0 amide bonds. The van der Waals surface area contributed by atoms with Crippen LogP contribution in [0.2, 0.25) is 0 Å². The maximum absolute atomic E-state index is 12.3. The fourth-order valence-electron chi connectivity index (χ4n) is 5.41. The summed E-state index contributed by atoms with van der Waals surface area (Å²) < 4.78 is 37.7. The van der Waals surface area contributed by atoms with Gasteiger partial charge >= 0.3 is 0 Å². The van der Waals surface area contributed by atoms with Crippen molar-refractivity contribution in [3.8, 4) is 0 Å². The van der Waals surface area contributed by atoms with Gasteiger partial charge in [0.1, 0.15) is 18.3 Å². The van der Waals surface area contributed by atoms with Crippen LogP contribution >= 0.6 is 0 Å². The van der Waals surface area contributed by atoms with E-state index in [1.807, 2.05) is 64.1 Å². The number of rotatable bonds is 18. The first-order valence-corrected chi connectivity index (χ1v) is 17.6. The Kier molecular flexibility index (Phi) is 21.2. The van der Waals surface area contributed by atoms with E-state index in [9.17, 15) is 32.8 Å². The van der Waals surface area contributed by atoms with E-state index in [1.165, 1.54) is 0 Å². The highest BCUT2D eigenvalue weighted by atomic mass is 32.2. The van der Waals surface area contributed by atoms with Gasteiger partial charge in [0.15, 0.2) is 24.8 Å². The van der Waals surface area contributed by atoms with Crippen molar-refractivity contribution < 1.29 is 41.9 Å². The number of carbonyl (C=O) groups is 2. The van der Waals surface area contributed by atoms with Crippen LogP contribution in [-0.4, -0.2) is 30.2 Å². The van der Waals surface area contributed by atoms with Crippen molar-refractivity contribution in [2.45, 2.75) is 124 Å². The number of aliphatic carboxylic acids is 2. The van der Waals surface area contributed by atoms with Gasteiger partial charge in [0.2, 0.25) is 0 Å². The molecule has 3 atom stereocenters. The van der Waals surface area contributed by atoms with E-state index in [-0.39, 0.29) is 24.7 Å². The summed E-state index contributed by atoms with van der Waals surface area (Å²) in [7, 11) is -5.20. The molecular formula is C34H56N2O7S. The lowest BCUT2D eigenvalue weighted by Gasteiger charge is -2.44. The summed E-state index contributed by atoms with van der Waals surface area (Å²) in [5, 5.41) is 21.5. The summed E-state index contributed by atoms with van der Waals surface area (Å²) in [5.41, 5.74) is -2.23. The van der Waals surface area contributed by atoms with E-state index in [1.54, 1.807) is 0 Å². The van der Waals surface area contributed by atoms with Crippen molar-refractivity contribution in [1.29, 1.82) is 0 Å². The normalized spacial score (nSPS) is 14.4. The molecule has 9 nitrogen and oxygen atoms in total. The van der Waals surface area contributed by atoms with Crippen LogP contribution in [0.15, 0.2) is 61.2 Å². The summed E-state index contributed by atoms with van der Waals surface area (Å²) in [6.07, 6.45) is 13.7. The molecule has 0 saturated heterocycles. The van der Waals surface area contributed by atoms with E-state index < -0.39 is 32.7 Å². The zero-order chi connectivity index (χ0) is 33.6. The zero-order valence-corrected chi connectivity index (χ0v) is 28.5. The van der Waals surface area contributed by atoms with Gasteiger partial charge in [0, 0.05) is 35.6 Å². The summed E-state index contributed by atoms with van der Waals surface area (Å²) in [6, 6.07) is 12.2. The predicted octanol–water partition coefficient (Wildman–Crippen LogP) is 3.93. The Labute approximate surface area is 266 Å². The second kappa shape index (κ2) is 22.6. The highest BCUT2D eigenvalue weighted by molar-refractivity contribution is 7.87. The molecular weight excluding hydrogens is 580 g/mol. The average molecular weight is 637 g/mol. The lowest BCUT2D eigenvalue weighted by atomic mass is 9.68. The third kappa shape index (κ3) is 15.2. The van der Waals surface area contributed by atoms with Crippen LogP contribution in [0.3, 0.4) is 0 Å². The second-order valence-electron chi connectivity index (χ2n) is 11.3. The largest absolute Gasteiger partial charge is 0.549 e. The maximum Gasteiger partial charge on any atom is 0.274 e. The summed E-state index contributed by atoms with van der Waals surface area (Å²) in [4.78, 5) is 24.0. The molecule has 2 aromatic heterocycles. The van der Waals surface area contributed by atoms with Crippen molar-refractivity contribution in [2.75, 3.05) is 0 Å². The van der Waals surface area contributed by atoms with Crippen LogP contribution in [0.5, 0.6) is 0 Å². The van der Waals surface area contributed by atoms with Crippen LogP contribution in [0.1, 0.15) is 106 Å². The first-order chi connectivity index (χ1) is 20.9. The lowest BCUT2D eigenvalue weighted by Crippen LogP contribution is -2.60. The van der Waals surface area contributed by atoms with Crippen molar-refractivity contribution in [1.82, 2.24) is 0 Å². The van der Waals surface area contributed by atoms with Gasteiger partial charge in [-0.05, 0) is 38.5 Å². The first kappa shape index (κ1) is 41.1. The minimum atomic E-state index is -5.20. The van der Waals surface area contributed by atoms with E-state index >= 15 is 0 Å². The third-order valence-electron chi connectivity index (χ3n) is 8.10. The summed E-state index contributed by atoms with van der Waals surface area (Å²) in [6.45, 7) is 14.0. The smallest absolute Gasteiger partial charge is 0.274 e. The molecule has 0 spiro atoms. The SMILES string of the molecule is CCCCC(CC)CC(CC(CC)CCCC)(C(=O)[O-])C(C(=O)[O-])S(=O)(=O)O.CC[n+]1ccccc1.CC[n+]1ccccc1. The lowest BCUT2D eigenvalue weighted by molar-refractivity contribution is -0.693. The molecule has 2 rings (SSSR count). The molecule has 44 heavy (non-hydrogen) atoms. The Morgan fingerprint density at radius 3 is 1.27 bits per heavy atom. The number of carboxylic acid groups (broad SMARTS) is 2. The molecule has 0 bridgehead atoms. The monoisotopic (exact) mass is 636 g/mol. The molecule has 0 aliphatic heterocycles. The van der Waals surface area contributed by atoms with Crippen LogP contribution in [0.4, 0.5) is 0 Å². The minimum Gasteiger partial charge on any atom is -0.549 e. The molecule has 0 radical (unpaired) electrons. The molecule has 3 unspecified atom stereocenters. The zero-order valence-electron chi connectivity index (χ0n) is 27.7. The molecule has 0 fully saturated rings. The standard InChI is InChI=1S/C20H38O7S.2C7H10N/c1-5-9-11-15(7-3)13-20(19(23)24,14-16(8-4)12-10-6-2)17(18(21)22)28(25,26)27;2*1-2-8-6-4-3-5-7-8/h15-17H,5-14H2,1-4H3,(H,21,22)(H,23,24)(H,25,26,27);2*3-7H,2H2,1H3/q;2*+1/p-2. The number of hydrogen-bond donors (Lipinski definition) is 1. The quantitative estimate of drug-likeness (QED) is 0.193. The number of carbonyl (C=O) groups excluding carboxylic acids is 2. The van der Waals surface area contributed by atoms with E-state index in [4.69, 9.17) is 0 Å². The predicted molar refractivity (Wildman–Crippen MR) is 168 cm³/mol. The van der Waals surface area contributed by atoms with Gasteiger partial charge in [0.25, 0.3) is 10.1 Å². The number of unbranched alkanes of at least 4 members (excludes halogenated alkanes) is 2. The number of pyridine rings is 2. The van der Waals surface area contributed by atoms with Gasteiger partial charge in [-0.25, -0.2) is 9.13 Å². The first-order valence-electron chi connectivity index (χ1n) is 16.1. The Bertz CT molecular complexity index is 1090. The molecule has 0 aromatic carbocycles. The van der Waals surface area contributed by atoms with Gasteiger partial charge in [-0.15, -0.1) is 0 Å². The average Bonchev–Trinajstić information content (AvgIpc) is 3.01. The van der Waals surface area contributed by atoms with Gasteiger partial charge in [0.05, 0.1) is 5.97 Å². The minimum absolute atomic E-state index is 0.174. The van der Waals surface area contributed by atoms with E-state index in [2.05, 4.69) is 47.8 Å². The topological polar surface area (TPSA) is 142 Å². The molecule has 0 aliphatic carbocycles. The molecule has 0 saturated carbocycles. The molecule has 0 aliphatic rings. The third-order valence-corrected chi connectivity index (χ3v) is 9.34. The number of aromatic nitrogens is 2. The van der Waals surface area contributed by atoms with Crippen LogP contribution in [0, 0.1) is 17.3 Å². The number of carboxylic acids is 2. The fraction of sp³-hybridized carbons (Fsp3) is 0.647. The maximum atomic E-state index is 12.3. The molecule has 10 heteroatoms. The Balaban J connectivity index is 0.000000917. The van der Waals surface area contributed by atoms with Gasteiger partial charge in [-0.1, -0.05) is 91.2 Å². The summed E-state index contributed by atoms with van der Waals surface area (Å²) in [5.74, 6) is -4.22. The number of aryl methyl sites for hydroxylation is 2. The van der Waals surface area contributed by atoms with E-state index in [0.717, 1.165) is 38.8 Å². The van der Waals surface area contributed by atoms with E-state index in [0.29, 0.717) is 25.7 Å². The van der Waals surface area contributed by atoms with Crippen molar-refractivity contribution in [3.63, 3.8) is 0 Å². The summed E-state index contributed by atoms with van der Waals surface area (Å²) >= 11 is 0.